The van der Waals surface area contributed by atoms with Crippen LogP contribution in [0.5, 0.6) is 0 Å². The molecule has 0 aromatic rings. The second-order valence-corrected chi connectivity index (χ2v) is 16.0. The summed E-state index contributed by atoms with van der Waals surface area (Å²) in [5.74, 6) is 2.42. The molecule has 0 spiro atoms. The van der Waals surface area contributed by atoms with Gasteiger partial charge in [0.15, 0.2) is 13.9 Å². The van der Waals surface area contributed by atoms with E-state index >= 15 is 0 Å². The van der Waals surface area contributed by atoms with Crippen LogP contribution >= 0.6 is 15.9 Å². The molecule has 1 aliphatic heterocycles. The lowest BCUT2D eigenvalue weighted by Crippen LogP contribution is -2.52. The van der Waals surface area contributed by atoms with Crippen molar-refractivity contribution in [3.63, 3.8) is 0 Å². The first-order valence-electron chi connectivity index (χ1n) is 11.1. The van der Waals surface area contributed by atoms with Crippen molar-refractivity contribution in [1.82, 2.24) is 0 Å². The van der Waals surface area contributed by atoms with Crippen LogP contribution in [-0.4, -0.2) is 26.5 Å². The Morgan fingerprint density at radius 3 is 2.68 bits per heavy atom. The summed E-state index contributed by atoms with van der Waals surface area (Å²) in [6.07, 6.45) is 8.54. The molecule has 0 N–H and O–H groups in total. The van der Waals surface area contributed by atoms with Gasteiger partial charge in [-0.05, 0) is 106 Å². The summed E-state index contributed by atoms with van der Waals surface area (Å²) in [5, 5.41) is 0. The third-order valence-electron chi connectivity index (χ3n) is 7.66. The summed E-state index contributed by atoms with van der Waals surface area (Å²) in [6.45, 7) is 13.9. The van der Waals surface area contributed by atoms with Crippen molar-refractivity contribution in [3.05, 3.63) is 10.6 Å². The number of hydrogen-bond donors (Lipinski definition) is 0. The van der Waals surface area contributed by atoms with Crippen LogP contribution in [0.3, 0.4) is 0 Å². The molecule has 0 radical (unpaired) electrons. The largest absolute Gasteiger partial charge is 0.463 e. The predicted octanol–water partition coefficient (Wildman–Crippen LogP) is 6.68. The van der Waals surface area contributed by atoms with Crippen molar-refractivity contribution < 1.29 is 14.0 Å². The van der Waals surface area contributed by atoms with E-state index in [1.807, 2.05) is 6.92 Å². The molecule has 1 heterocycles. The van der Waals surface area contributed by atoms with E-state index in [0.29, 0.717) is 23.9 Å². The lowest BCUT2D eigenvalue weighted by molar-refractivity contribution is -0.174. The molecule has 3 fully saturated rings. The van der Waals surface area contributed by atoms with Gasteiger partial charge in [0.25, 0.3) is 0 Å². The average Bonchev–Trinajstić information content (AvgIpc) is 2.93. The molecule has 3 nitrogen and oxygen atoms in total. The molecule has 0 aromatic heterocycles. The van der Waals surface area contributed by atoms with Crippen molar-refractivity contribution in [2.24, 2.45) is 29.1 Å². The molecule has 28 heavy (non-hydrogen) atoms. The molecule has 3 aliphatic rings. The number of cyclic esters (lactones) is 1. The summed E-state index contributed by atoms with van der Waals surface area (Å²) >= 11 is 3.63. The third-order valence-corrected chi connectivity index (χ3v) is 9.31. The first kappa shape index (κ1) is 22.5. The van der Waals surface area contributed by atoms with Gasteiger partial charge in [0.2, 0.25) is 0 Å². The Balaban J connectivity index is 1.68. The molecule has 2 saturated carbocycles. The van der Waals surface area contributed by atoms with Gasteiger partial charge in [-0.3, -0.25) is 0 Å². The number of carbonyl (C=O) groups excluding carboxylic acids is 1. The van der Waals surface area contributed by atoms with Crippen LogP contribution in [0.1, 0.15) is 65.7 Å². The molecule has 160 valence electrons. The van der Waals surface area contributed by atoms with E-state index in [2.05, 4.69) is 54.4 Å². The molecule has 0 amide bonds. The Kier molecular flexibility index (Phi) is 6.59. The number of fused-ring (bicyclic) bond motifs is 1. The number of ether oxygens (including phenoxy) is 1. The zero-order chi connectivity index (χ0) is 20.7. The number of rotatable bonds is 5. The Morgan fingerprint density at radius 1 is 1.32 bits per heavy atom. The summed E-state index contributed by atoms with van der Waals surface area (Å²) in [4.78, 5) is 14.7. The van der Waals surface area contributed by atoms with Crippen LogP contribution in [0.2, 0.25) is 19.6 Å². The minimum atomic E-state index is -1.81. The highest BCUT2D eigenvalue weighted by atomic mass is 79.9. The number of hydrogen-bond acceptors (Lipinski definition) is 3. The molecule has 6 atom stereocenters. The molecule has 5 heteroatoms. The quantitative estimate of drug-likeness (QED) is 0.331. The first-order chi connectivity index (χ1) is 13.0. The lowest BCUT2D eigenvalue weighted by atomic mass is 9.60. The predicted molar refractivity (Wildman–Crippen MR) is 121 cm³/mol. The fourth-order valence-electron chi connectivity index (χ4n) is 6.79. The van der Waals surface area contributed by atoms with E-state index in [1.165, 1.54) is 32.1 Å². The van der Waals surface area contributed by atoms with E-state index < -0.39 is 13.9 Å². The maximum atomic E-state index is 12.5. The van der Waals surface area contributed by atoms with Crippen LogP contribution in [0.4, 0.5) is 0 Å². The monoisotopic (exact) mass is 470 g/mol. The van der Waals surface area contributed by atoms with Crippen molar-refractivity contribution in [3.8, 4) is 0 Å². The van der Waals surface area contributed by atoms with Crippen LogP contribution in [-0.2, 0) is 14.0 Å². The Hall–Kier alpha value is -0.133. The normalized spacial score (nSPS) is 41.6. The minimum absolute atomic E-state index is 0.161. The van der Waals surface area contributed by atoms with Crippen molar-refractivity contribution in [1.29, 1.82) is 0 Å². The van der Waals surface area contributed by atoms with E-state index in [9.17, 15) is 4.79 Å². The van der Waals surface area contributed by atoms with Gasteiger partial charge in [-0.1, -0.05) is 35.4 Å². The van der Waals surface area contributed by atoms with Crippen molar-refractivity contribution >= 4 is 30.2 Å². The van der Waals surface area contributed by atoms with Crippen LogP contribution < -0.4 is 0 Å². The van der Waals surface area contributed by atoms with Gasteiger partial charge in [0.1, 0.15) is 0 Å². The molecule has 0 bridgehead atoms. The smallest absolute Gasteiger partial charge is 0.336 e. The zero-order valence-corrected chi connectivity index (χ0v) is 21.2. The second kappa shape index (κ2) is 8.18. The molecule has 1 unspecified atom stereocenters. The van der Waals surface area contributed by atoms with Gasteiger partial charge in [-0.15, -0.1) is 0 Å². The highest BCUT2D eigenvalue weighted by Crippen LogP contribution is 2.60. The van der Waals surface area contributed by atoms with Crippen molar-refractivity contribution in [2.75, 3.05) is 6.61 Å². The van der Waals surface area contributed by atoms with E-state index in [1.54, 1.807) is 5.57 Å². The van der Waals surface area contributed by atoms with Crippen molar-refractivity contribution in [2.45, 2.75) is 91.0 Å². The number of allylic oxidation sites excluding steroid dienone is 1. The van der Waals surface area contributed by atoms with Crippen LogP contribution in [0, 0.1) is 29.1 Å². The van der Waals surface area contributed by atoms with Gasteiger partial charge >= 0.3 is 5.97 Å². The highest BCUT2D eigenvalue weighted by molar-refractivity contribution is 9.11. The fraction of sp³-hybridized carbons (Fsp3) is 0.870. The van der Waals surface area contributed by atoms with Gasteiger partial charge in [-0.25, -0.2) is 4.79 Å². The SMILES string of the molecule is C[C@H](C[C@H]1COC(=O)[C@](C)(O[Si](C)(C)C)C1)[C@H]1CCC2/C(=C/Br)CCC[C@@]21C. The van der Waals surface area contributed by atoms with E-state index in [4.69, 9.17) is 9.16 Å². The molecular formula is C23H39BrO3Si. The maximum absolute atomic E-state index is 12.5. The minimum Gasteiger partial charge on any atom is -0.463 e. The standard InChI is InChI=1S/C23H39BrO3Si/c1-16(19-9-10-20-18(14-24)8-7-11-22(19,20)2)12-17-13-23(3,21(25)26-15-17)27-28(4,5)6/h14,16-17,19-20H,7-13,15H2,1-6H3/b18-14+/t16-,17-,19-,20?,22-,23-/m1/s1. The van der Waals surface area contributed by atoms with Crippen LogP contribution in [0.15, 0.2) is 10.6 Å². The highest BCUT2D eigenvalue weighted by Gasteiger charge is 2.52. The summed E-state index contributed by atoms with van der Waals surface area (Å²) in [6, 6.07) is 0. The summed E-state index contributed by atoms with van der Waals surface area (Å²) < 4.78 is 11.9. The summed E-state index contributed by atoms with van der Waals surface area (Å²) in [5.41, 5.74) is 1.30. The van der Waals surface area contributed by atoms with E-state index in [-0.39, 0.29) is 5.97 Å². The molecular weight excluding hydrogens is 432 g/mol. The lowest BCUT2D eigenvalue weighted by Gasteiger charge is -2.45. The average molecular weight is 472 g/mol. The fourth-order valence-corrected chi connectivity index (χ4v) is 8.85. The van der Waals surface area contributed by atoms with Gasteiger partial charge in [0.05, 0.1) is 6.61 Å². The van der Waals surface area contributed by atoms with Gasteiger partial charge < -0.3 is 9.16 Å². The first-order valence-corrected chi connectivity index (χ1v) is 15.5. The molecule has 0 aromatic carbocycles. The topological polar surface area (TPSA) is 35.5 Å². The summed E-state index contributed by atoms with van der Waals surface area (Å²) in [7, 11) is -1.81. The molecule has 2 aliphatic carbocycles. The second-order valence-electron chi connectivity index (χ2n) is 11.1. The van der Waals surface area contributed by atoms with E-state index in [0.717, 1.165) is 24.7 Å². The Morgan fingerprint density at radius 2 is 2.04 bits per heavy atom. The van der Waals surface area contributed by atoms with Crippen LogP contribution in [0.25, 0.3) is 0 Å². The molecule has 3 rings (SSSR count). The number of halogens is 1. The maximum Gasteiger partial charge on any atom is 0.336 e. The number of carbonyl (C=O) groups is 1. The Labute approximate surface area is 181 Å². The zero-order valence-electron chi connectivity index (χ0n) is 18.6. The Bertz CT molecular complexity index is 628. The third kappa shape index (κ3) is 4.46. The van der Waals surface area contributed by atoms with Gasteiger partial charge in [0, 0.05) is 0 Å². The number of esters is 1. The van der Waals surface area contributed by atoms with Gasteiger partial charge in [-0.2, -0.15) is 0 Å². The molecule has 1 saturated heterocycles.